The van der Waals surface area contributed by atoms with Crippen LogP contribution in [0.25, 0.3) is 5.69 Å². The highest BCUT2D eigenvalue weighted by Gasteiger charge is 2.32. The minimum Gasteiger partial charge on any atom is -0.497 e. The fraction of sp³-hybridized carbons (Fsp3) is 0.400. The molecule has 2 atom stereocenters. The molecule has 3 N–H and O–H groups in total. The zero-order valence-electron chi connectivity index (χ0n) is 30.3. The number of hydrogen-bond donors (Lipinski definition) is 3. The first kappa shape index (κ1) is 37.1. The number of carbonyl (C=O) groups is 3. The van der Waals surface area contributed by atoms with Gasteiger partial charge in [0.05, 0.1) is 37.1 Å². The highest BCUT2D eigenvalue weighted by molar-refractivity contribution is 6.00. The lowest BCUT2D eigenvalue weighted by molar-refractivity contribution is 0.0544. The molecule has 51 heavy (non-hydrogen) atoms. The number of hydrogen-bond acceptors (Lipinski definition) is 6. The molecular weight excluding hydrogens is 644 g/mol. The van der Waals surface area contributed by atoms with Crippen LogP contribution in [0.5, 0.6) is 5.75 Å². The molecule has 0 saturated carbocycles. The predicted molar refractivity (Wildman–Crippen MR) is 198 cm³/mol. The maximum Gasteiger partial charge on any atom is 0.319 e. The van der Waals surface area contributed by atoms with Crippen molar-refractivity contribution in [1.29, 1.82) is 0 Å². The highest BCUT2D eigenvalue weighted by Crippen LogP contribution is 2.29. The van der Waals surface area contributed by atoms with Gasteiger partial charge in [0.2, 0.25) is 0 Å². The van der Waals surface area contributed by atoms with Gasteiger partial charge in [-0.1, -0.05) is 63.1 Å². The van der Waals surface area contributed by atoms with Crippen molar-refractivity contribution in [2.75, 3.05) is 32.1 Å². The van der Waals surface area contributed by atoms with E-state index < -0.39 is 12.1 Å². The van der Waals surface area contributed by atoms with E-state index in [0.29, 0.717) is 54.6 Å². The number of aryl methyl sites for hydroxylation is 1. The molecule has 0 saturated heterocycles. The van der Waals surface area contributed by atoms with Gasteiger partial charge in [-0.3, -0.25) is 9.59 Å². The van der Waals surface area contributed by atoms with Gasteiger partial charge >= 0.3 is 6.03 Å². The van der Waals surface area contributed by atoms with Crippen LogP contribution in [-0.4, -0.2) is 75.4 Å². The lowest BCUT2D eigenvalue weighted by Gasteiger charge is -2.36. The molecule has 5 rings (SSSR count). The average Bonchev–Trinajstić information content (AvgIpc) is 3.54. The Hall–Kier alpha value is -5.16. The first-order valence-corrected chi connectivity index (χ1v) is 17.9. The number of aliphatic hydroxyl groups is 1. The second-order valence-electron chi connectivity index (χ2n) is 13.2. The summed E-state index contributed by atoms with van der Waals surface area (Å²) < 4.78 is 6.96. The number of benzene rings is 3. The third-order valence-corrected chi connectivity index (χ3v) is 9.44. The second-order valence-corrected chi connectivity index (χ2v) is 13.2. The Balaban J connectivity index is 1.49. The minimum atomic E-state index is -0.445. The van der Waals surface area contributed by atoms with Gasteiger partial charge in [-0.05, 0) is 86.2 Å². The number of urea groups is 1. The van der Waals surface area contributed by atoms with Gasteiger partial charge in [0.1, 0.15) is 5.75 Å². The van der Waals surface area contributed by atoms with Crippen molar-refractivity contribution in [1.82, 2.24) is 24.9 Å². The van der Waals surface area contributed by atoms with E-state index in [1.54, 1.807) is 41.0 Å². The van der Waals surface area contributed by atoms with Crippen molar-refractivity contribution in [3.8, 4) is 11.4 Å². The van der Waals surface area contributed by atoms with Crippen molar-refractivity contribution in [3.63, 3.8) is 0 Å². The molecule has 1 aliphatic rings. The number of aliphatic hydroxyl groups excluding tert-OH is 1. The summed E-state index contributed by atoms with van der Waals surface area (Å²) in [5.41, 5.74) is 5.14. The highest BCUT2D eigenvalue weighted by atomic mass is 16.5. The quantitative estimate of drug-likeness (QED) is 0.135. The van der Waals surface area contributed by atoms with Crippen LogP contribution in [0.1, 0.15) is 95.7 Å². The number of fused-ring (bicyclic) bond motifs is 1. The number of carbonyl (C=O) groups excluding carboxylic acids is 3. The minimum absolute atomic E-state index is 0.139. The number of nitrogens with one attached hydrogen (secondary N) is 2. The predicted octanol–water partition coefficient (Wildman–Crippen LogP) is 6.67. The Morgan fingerprint density at radius 3 is 2.39 bits per heavy atom. The van der Waals surface area contributed by atoms with Crippen LogP contribution < -0.4 is 15.4 Å². The molecule has 4 amide bonds. The fourth-order valence-electron chi connectivity index (χ4n) is 6.47. The van der Waals surface area contributed by atoms with Crippen LogP contribution in [0.2, 0.25) is 0 Å². The molecule has 1 aromatic heterocycles. The van der Waals surface area contributed by atoms with Crippen LogP contribution in [-0.2, 0) is 13.0 Å². The number of unbranched alkanes of at least 4 members (excludes halogenated alkanes) is 2. The lowest BCUT2D eigenvalue weighted by Crippen LogP contribution is -2.46. The molecule has 2 unspecified atom stereocenters. The molecule has 1 aliphatic heterocycles. The summed E-state index contributed by atoms with van der Waals surface area (Å²) in [7, 11) is 1.59. The Bertz CT molecular complexity index is 1830. The molecule has 11 heteroatoms. The number of methoxy groups -OCH3 is 1. The second kappa shape index (κ2) is 17.2. The molecule has 0 fully saturated rings. The zero-order chi connectivity index (χ0) is 36.5. The van der Waals surface area contributed by atoms with E-state index in [1.165, 1.54) is 0 Å². The maximum absolute atomic E-state index is 14.6. The van der Waals surface area contributed by atoms with E-state index in [0.717, 1.165) is 42.4 Å². The number of rotatable bonds is 14. The van der Waals surface area contributed by atoms with Gasteiger partial charge in [0.15, 0.2) is 5.69 Å². The van der Waals surface area contributed by atoms with Crippen molar-refractivity contribution < 1.29 is 24.2 Å². The van der Waals surface area contributed by atoms with Crippen LogP contribution >= 0.6 is 0 Å². The number of aromatic nitrogens is 2. The monoisotopic (exact) mass is 694 g/mol. The summed E-state index contributed by atoms with van der Waals surface area (Å²) in [5, 5.41) is 21.0. The van der Waals surface area contributed by atoms with Crippen molar-refractivity contribution >= 4 is 23.5 Å². The van der Waals surface area contributed by atoms with Crippen LogP contribution in [0, 0.1) is 6.92 Å². The van der Waals surface area contributed by atoms with Gasteiger partial charge in [-0.15, -0.1) is 0 Å². The van der Waals surface area contributed by atoms with Crippen molar-refractivity contribution in [2.24, 2.45) is 0 Å². The summed E-state index contributed by atoms with van der Waals surface area (Å²) in [6, 6.07) is 21.0. The molecule has 11 nitrogen and oxygen atoms in total. The topological polar surface area (TPSA) is 129 Å². The van der Waals surface area contributed by atoms with Crippen LogP contribution in [0.3, 0.4) is 0 Å². The van der Waals surface area contributed by atoms with E-state index in [-0.39, 0.29) is 30.0 Å². The average molecular weight is 695 g/mol. The molecule has 0 radical (unpaired) electrons. The summed E-state index contributed by atoms with van der Waals surface area (Å²) in [6.07, 6.45) is 4.27. The number of amides is 4. The zero-order valence-corrected chi connectivity index (χ0v) is 30.3. The number of nitrogens with zero attached hydrogens (tertiary/aromatic N) is 4. The normalized spacial score (nSPS) is 14.4. The van der Waals surface area contributed by atoms with E-state index in [2.05, 4.69) is 24.5 Å². The largest absolute Gasteiger partial charge is 0.497 e. The summed E-state index contributed by atoms with van der Waals surface area (Å²) in [5.74, 6) is 0.234. The Kier molecular flexibility index (Phi) is 12.5. The maximum atomic E-state index is 14.6. The van der Waals surface area contributed by atoms with Gasteiger partial charge in [0, 0.05) is 31.0 Å². The molecule has 0 aliphatic carbocycles. The molecule has 3 aromatic carbocycles. The van der Waals surface area contributed by atoms with Gasteiger partial charge in [0.25, 0.3) is 11.8 Å². The molecule has 270 valence electrons. The smallest absolute Gasteiger partial charge is 0.319 e. The Morgan fingerprint density at radius 2 is 1.71 bits per heavy atom. The van der Waals surface area contributed by atoms with E-state index in [4.69, 9.17) is 9.84 Å². The molecule has 0 bridgehead atoms. The lowest BCUT2D eigenvalue weighted by atomic mass is 9.93. The third-order valence-electron chi connectivity index (χ3n) is 9.44. The Labute approximate surface area is 300 Å². The fourth-order valence-corrected chi connectivity index (χ4v) is 6.47. The van der Waals surface area contributed by atoms with Gasteiger partial charge < -0.3 is 30.3 Å². The van der Waals surface area contributed by atoms with Gasteiger partial charge in [-0.2, -0.15) is 5.10 Å². The van der Waals surface area contributed by atoms with Crippen LogP contribution in [0.15, 0.2) is 72.8 Å². The van der Waals surface area contributed by atoms with Gasteiger partial charge in [-0.25, -0.2) is 9.48 Å². The summed E-state index contributed by atoms with van der Waals surface area (Å²) in [6.45, 7) is 9.36. The van der Waals surface area contributed by atoms with Crippen molar-refractivity contribution in [3.05, 3.63) is 106 Å². The van der Waals surface area contributed by atoms with Crippen LogP contribution in [0.4, 0.5) is 10.5 Å². The number of ether oxygens (including phenoxy) is 1. The van der Waals surface area contributed by atoms with E-state index >= 15 is 0 Å². The summed E-state index contributed by atoms with van der Waals surface area (Å²) in [4.78, 5) is 45.1. The molecule has 4 aromatic rings. The molecule has 2 heterocycles. The first-order valence-electron chi connectivity index (χ1n) is 17.9. The molecule has 0 spiro atoms. The number of anilines is 1. The third kappa shape index (κ3) is 8.78. The summed E-state index contributed by atoms with van der Waals surface area (Å²) >= 11 is 0. The van der Waals surface area contributed by atoms with E-state index in [9.17, 15) is 19.5 Å². The Morgan fingerprint density at radius 1 is 0.980 bits per heavy atom. The van der Waals surface area contributed by atoms with Crippen molar-refractivity contribution in [2.45, 2.75) is 78.4 Å². The first-order chi connectivity index (χ1) is 24.7. The SMILES string of the molecule is CCCCN(CCCC)C(=O)c1cc(C)n(-c2ccc(NC(=O)NC(C)c3cccc(OC)c3)cc2C(=O)N2Cc3ccccc3CC2CO)n1. The van der Waals surface area contributed by atoms with E-state index in [1.807, 2.05) is 67.3 Å². The standard InChI is InChI=1S/C40H50N6O5/c1-6-8-19-44(20-9-7-2)39(49)36-21-27(3)46(43-36)37-18-17-32(42-40(50)41-28(4)29-15-12-16-34(23-29)51-5)24-35(37)38(48)45-25-31-14-11-10-13-30(31)22-33(45)26-47/h10-18,21,23-24,28,33,47H,6-9,19-20,22,25-26H2,1-5H3,(H2,41,42,50). The molecular formula is C40H50N6O5.